The molecule has 3 aromatic rings. The van der Waals surface area contributed by atoms with E-state index in [4.69, 9.17) is 4.74 Å². The number of aryl methyl sites for hydroxylation is 1. The standard InChI is InChI=1S/C31H39NO4S/c1-7-8-9-26(27-16-17-28(37-27)30(34)32-19-18-29(33)35-6)36-24-14-15-25(21(2)20-24)22-10-12-23(13-11-22)31(3,4)5/h10-17,20,26H,7-9,18-19H2,1-6H3,(H,32,34)/t26-/m1/s1. The molecule has 0 saturated heterocycles. The van der Waals surface area contributed by atoms with Crippen LogP contribution in [0.15, 0.2) is 54.6 Å². The van der Waals surface area contributed by atoms with Gasteiger partial charge in [-0.25, -0.2) is 0 Å². The molecule has 198 valence electrons. The minimum atomic E-state index is -0.344. The number of carbonyl (C=O) groups excluding carboxylic acids is 2. The van der Waals surface area contributed by atoms with Gasteiger partial charge in [-0.1, -0.05) is 64.4 Å². The number of nitrogens with one attached hydrogen (secondary N) is 1. The SMILES string of the molecule is CCCC[C@@H](Oc1ccc(-c2ccc(C(C)(C)C)cc2)c(C)c1)c1ccc(C(=O)NCCC(=O)OC)s1. The molecule has 0 spiro atoms. The van der Waals surface area contributed by atoms with Crippen LogP contribution in [0.2, 0.25) is 0 Å². The molecule has 0 unspecified atom stereocenters. The maximum atomic E-state index is 12.5. The molecule has 0 aliphatic rings. The van der Waals surface area contributed by atoms with E-state index in [1.165, 1.54) is 35.1 Å². The highest BCUT2D eigenvalue weighted by atomic mass is 32.1. The maximum absolute atomic E-state index is 12.5. The van der Waals surface area contributed by atoms with Crippen molar-refractivity contribution in [2.24, 2.45) is 0 Å². The summed E-state index contributed by atoms with van der Waals surface area (Å²) in [6.07, 6.45) is 2.99. The van der Waals surface area contributed by atoms with E-state index in [0.29, 0.717) is 4.88 Å². The van der Waals surface area contributed by atoms with E-state index in [-0.39, 0.29) is 36.4 Å². The Bertz CT molecular complexity index is 1190. The third kappa shape index (κ3) is 7.93. The predicted octanol–water partition coefficient (Wildman–Crippen LogP) is 7.62. The van der Waals surface area contributed by atoms with E-state index >= 15 is 0 Å². The molecule has 1 amide bonds. The molecule has 2 aromatic carbocycles. The lowest BCUT2D eigenvalue weighted by Gasteiger charge is -2.20. The molecule has 5 nitrogen and oxygen atoms in total. The van der Waals surface area contributed by atoms with Crippen molar-refractivity contribution in [3.8, 4) is 16.9 Å². The number of carbonyl (C=O) groups is 2. The first-order valence-electron chi connectivity index (χ1n) is 12.9. The zero-order valence-corrected chi connectivity index (χ0v) is 23.7. The highest BCUT2D eigenvalue weighted by Gasteiger charge is 2.19. The number of hydrogen-bond donors (Lipinski definition) is 1. The summed E-state index contributed by atoms with van der Waals surface area (Å²) in [4.78, 5) is 25.4. The van der Waals surface area contributed by atoms with Crippen LogP contribution >= 0.6 is 11.3 Å². The first-order chi connectivity index (χ1) is 17.6. The molecule has 1 aromatic heterocycles. The largest absolute Gasteiger partial charge is 0.485 e. The van der Waals surface area contributed by atoms with Crippen LogP contribution in [0.1, 0.15) is 85.2 Å². The predicted molar refractivity (Wildman–Crippen MR) is 151 cm³/mol. The summed E-state index contributed by atoms with van der Waals surface area (Å²) in [5, 5.41) is 2.78. The summed E-state index contributed by atoms with van der Waals surface area (Å²) >= 11 is 1.44. The summed E-state index contributed by atoms with van der Waals surface area (Å²) < 4.78 is 11.1. The van der Waals surface area contributed by atoms with Crippen molar-refractivity contribution in [1.82, 2.24) is 5.32 Å². The van der Waals surface area contributed by atoms with Gasteiger partial charge in [0, 0.05) is 11.4 Å². The average molecular weight is 522 g/mol. The first kappa shape index (κ1) is 28.5. The number of amides is 1. The molecule has 0 aliphatic heterocycles. The van der Waals surface area contributed by atoms with E-state index in [9.17, 15) is 9.59 Å². The van der Waals surface area contributed by atoms with Crippen molar-refractivity contribution in [3.63, 3.8) is 0 Å². The van der Waals surface area contributed by atoms with Gasteiger partial charge in [0.25, 0.3) is 5.91 Å². The van der Waals surface area contributed by atoms with Crippen LogP contribution in [0.3, 0.4) is 0 Å². The molecule has 0 bridgehead atoms. The number of esters is 1. The minimum Gasteiger partial charge on any atom is -0.485 e. The minimum absolute atomic E-state index is 0.127. The van der Waals surface area contributed by atoms with Gasteiger partial charge in [-0.15, -0.1) is 11.3 Å². The second-order valence-electron chi connectivity index (χ2n) is 10.3. The molecule has 1 atom stereocenters. The van der Waals surface area contributed by atoms with Crippen LogP contribution in [-0.2, 0) is 14.9 Å². The lowest BCUT2D eigenvalue weighted by atomic mass is 9.86. The molecule has 1 N–H and O–H groups in total. The number of methoxy groups -OCH3 is 1. The van der Waals surface area contributed by atoms with Gasteiger partial charge in [0.1, 0.15) is 11.9 Å². The monoisotopic (exact) mass is 521 g/mol. The number of ether oxygens (including phenoxy) is 2. The Balaban J connectivity index is 1.72. The Kier molecular flexibility index (Phi) is 9.93. The molecule has 0 radical (unpaired) electrons. The van der Waals surface area contributed by atoms with Crippen LogP contribution in [-0.4, -0.2) is 25.5 Å². The van der Waals surface area contributed by atoms with E-state index in [0.717, 1.165) is 35.5 Å². The van der Waals surface area contributed by atoms with Crippen molar-refractivity contribution in [2.45, 2.75) is 71.8 Å². The summed E-state index contributed by atoms with van der Waals surface area (Å²) in [6.45, 7) is 11.2. The van der Waals surface area contributed by atoms with Gasteiger partial charge >= 0.3 is 5.97 Å². The third-order valence-electron chi connectivity index (χ3n) is 6.37. The lowest BCUT2D eigenvalue weighted by Crippen LogP contribution is -2.25. The summed E-state index contributed by atoms with van der Waals surface area (Å²) in [5.74, 6) is 0.293. The second kappa shape index (κ2) is 12.9. The third-order valence-corrected chi connectivity index (χ3v) is 7.54. The molecular weight excluding hydrogens is 482 g/mol. The molecule has 0 fully saturated rings. The number of hydrogen-bond acceptors (Lipinski definition) is 5. The van der Waals surface area contributed by atoms with E-state index in [2.05, 4.69) is 81.1 Å². The molecule has 1 heterocycles. The highest BCUT2D eigenvalue weighted by Crippen LogP contribution is 2.34. The van der Waals surface area contributed by atoms with Crippen molar-refractivity contribution in [3.05, 3.63) is 75.5 Å². The van der Waals surface area contributed by atoms with Crippen LogP contribution in [0, 0.1) is 6.92 Å². The van der Waals surface area contributed by atoms with E-state index < -0.39 is 0 Å². The van der Waals surface area contributed by atoms with Gasteiger partial charge < -0.3 is 14.8 Å². The smallest absolute Gasteiger partial charge is 0.307 e. The Morgan fingerprint density at radius 3 is 2.38 bits per heavy atom. The van der Waals surface area contributed by atoms with Crippen LogP contribution in [0.25, 0.3) is 11.1 Å². The fourth-order valence-corrected chi connectivity index (χ4v) is 5.10. The molecule has 0 saturated carbocycles. The quantitative estimate of drug-likeness (QED) is 0.264. The summed E-state index contributed by atoms with van der Waals surface area (Å²) in [7, 11) is 1.34. The first-order valence-corrected chi connectivity index (χ1v) is 13.8. The number of benzene rings is 2. The van der Waals surface area contributed by atoms with Crippen LogP contribution in [0.4, 0.5) is 0 Å². The topological polar surface area (TPSA) is 64.6 Å². The molecule has 6 heteroatoms. The van der Waals surface area contributed by atoms with E-state index in [1.54, 1.807) is 0 Å². The van der Waals surface area contributed by atoms with Gasteiger partial charge in [-0.2, -0.15) is 0 Å². The molecule has 37 heavy (non-hydrogen) atoms. The Morgan fingerprint density at radius 1 is 1.03 bits per heavy atom. The number of rotatable bonds is 11. The fraction of sp³-hybridized carbons (Fsp3) is 0.419. The number of thiophene rings is 1. The van der Waals surface area contributed by atoms with Gasteiger partial charge in [0.05, 0.1) is 18.4 Å². The lowest BCUT2D eigenvalue weighted by molar-refractivity contribution is -0.140. The molecular formula is C31H39NO4S. The van der Waals surface area contributed by atoms with Gasteiger partial charge in [-0.3, -0.25) is 9.59 Å². The summed E-state index contributed by atoms with van der Waals surface area (Å²) in [6, 6.07) is 18.9. The van der Waals surface area contributed by atoms with Crippen molar-refractivity contribution in [1.29, 1.82) is 0 Å². The van der Waals surface area contributed by atoms with Gasteiger partial charge in [0.15, 0.2) is 0 Å². The van der Waals surface area contributed by atoms with Crippen LogP contribution in [0.5, 0.6) is 5.75 Å². The van der Waals surface area contributed by atoms with E-state index in [1.807, 2.05) is 18.2 Å². The normalized spacial score (nSPS) is 12.2. The Labute approximate surface area is 225 Å². The van der Waals surface area contributed by atoms with Gasteiger partial charge in [-0.05, 0) is 71.7 Å². The van der Waals surface area contributed by atoms with Crippen molar-refractivity contribution in [2.75, 3.05) is 13.7 Å². The summed E-state index contributed by atoms with van der Waals surface area (Å²) in [5.41, 5.74) is 5.00. The average Bonchev–Trinajstić information content (AvgIpc) is 3.36. The molecule has 3 rings (SSSR count). The van der Waals surface area contributed by atoms with Gasteiger partial charge in [0.2, 0.25) is 0 Å². The second-order valence-corrected chi connectivity index (χ2v) is 11.5. The Morgan fingerprint density at radius 2 is 1.76 bits per heavy atom. The molecule has 0 aliphatic carbocycles. The zero-order chi connectivity index (χ0) is 27.0. The van der Waals surface area contributed by atoms with Crippen molar-refractivity contribution < 1.29 is 19.1 Å². The zero-order valence-electron chi connectivity index (χ0n) is 22.9. The fourth-order valence-electron chi connectivity index (χ4n) is 4.11. The maximum Gasteiger partial charge on any atom is 0.307 e. The van der Waals surface area contributed by atoms with Crippen LogP contribution < -0.4 is 10.1 Å². The van der Waals surface area contributed by atoms with Crippen molar-refractivity contribution >= 4 is 23.2 Å². The highest BCUT2D eigenvalue weighted by molar-refractivity contribution is 7.14. The number of unbranched alkanes of at least 4 members (excludes halogenated alkanes) is 1. The Hall–Kier alpha value is -3.12.